The average Bonchev–Trinajstić information content (AvgIpc) is 2.17. The third kappa shape index (κ3) is 2.04. The van der Waals surface area contributed by atoms with Crippen molar-refractivity contribution in [1.29, 1.82) is 0 Å². The number of aromatic amines is 1. The lowest BCUT2D eigenvalue weighted by Crippen LogP contribution is -2.07. The molecule has 0 fully saturated rings. The Morgan fingerprint density at radius 2 is 1.73 bits per heavy atom. The fraction of sp³-hybridized carbons (Fsp3) is 0. The summed E-state index contributed by atoms with van der Waals surface area (Å²) >= 11 is 0. The van der Waals surface area contributed by atoms with Gasteiger partial charge in [0.2, 0.25) is 5.56 Å². The molecule has 0 saturated carbocycles. The van der Waals surface area contributed by atoms with Crippen LogP contribution in [0.1, 0.15) is 0 Å². The SMILES string of the molecule is Nc1cc(-c2ccc(F)cc2)cc(=O)[nH]1. The van der Waals surface area contributed by atoms with Crippen LogP contribution < -0.4 is 11.3 Å². The second kappa shape index (κ2) is 3.57. The summed E-state index contributed by atoms with van der Waals surface area (Å²) in [6.07, 6.45) is 0. The zero-order valence-electron chi connectivity index (χ0n) is 7.83. The van der Waals surface area contributed by atoms with Gasteiger partial charge in [-0.2, -0.15) is 0 Å². The van der Waals surface area contributed by atoms with Gasteiger partial charge >= 0.3 is 0 Å². The van der Waals surface area contributed by atoms with Crippen LogP contribution in [0.2, 0.25) is 0 Å². The number of anilines is 1. The van der Waals surface area contributed by atoms with Crippen LogP contribution in [0.5, 0.6) is 0 Å². The number of rotatable bonds is 1. The number of nitrogens with one attached hydrogen (secondary N) is 1. The molecule has 1 aromatic carbocycles. The Bertz CT molecular complexity index is 531. The van der Waals surface area contributed by atoms with Crippen molar-refractivity contribution in [3.05, 3.63) is 52.6 Å². The molecular formula is C11H9FN2O. The molecule has 0 spiro atoms. The highest BCUT2D eigenvalue weighted by atomic mass is 19.1. The first kappa shape index (κ1) is 9.45. The second-order valence-corrected chi connectivity index (χ2v) is 3.20. The predicted molar refractivity (Wildman–Crippen MR) is 56.9 cm³/mol. The number of halogens is 1. The third-order valence-electron chi connectivity index (χ3n) is 2.04. The smallest absolute Gasteiger partial charge is 0.250 e. The maximum Gasteiger partial charge on any atom is 0.250 e. The highest BCUT2D eigenvalue weighted by molar-refractivity contribution is 5.65. The van der Waals surface area contributed by atoms with Gasteiger partial charge in [-0.15, -0.1) is 0 Å². The standard InChI is InChI=1S/C11H9FN2O/c12-9-3-1-7(2-4-9)8-5-10(13)14-11(15)6-8/h1-6H,(H3,13,14,15). The summed E-state index contributed by atoms with van der Waals surface area (Å²) in [5, 5.41) is 0. The van der Waals surface area contributed by atoms with E-state index in [-0.39, 0.29) is 11.4 Å². The Labute approximate surface area is 85.4 Å². The molecule has 0 saturated heterocycles. The van der Waals surface area contributed by atoms with Crippen LogP contribution in [0.3, 0.4) is 0 Å². The second-order valence-electron chi connectivity index (χ2n) is 3.20. The number of pyridine rings is 1. The first-order chi connectivity index (χ1) is 7.15. The summed E-state index contributed by atoms with van der Waals surface area (Å²) in [5.74, 6) is -0.0154. The minimum absolute atomic E-state index is 0.269. The lowest BCUT2D eigenvalue weighted by atomic mass is 10.1. The molecule has 1 aromatic heterocycles. The summed E-state index contributed by atoms with van der Waals surface area (Å²) in [7, 11) is 0. The van der Waals surface area contributed by atoms with Gasteiger partial charge in [0.25, 0.3) is 0 Å². The van der Waals surface area contributed by atoms with Crippen LogP contribution in [0.4, 0.5) is 10.2 Å². The molecule has 3 N–H and O–H groups in total. The molecule has 0 bridgehead atoms. The van der Waals surface area contributed by atoms with Crippen LogP contribution in [0, 0.1) is 5.82 Å². The first-order valence-corrected chi connectivity index (χ1v) is 4.41. The highest BCUT2D eigenvalue weighted by Crippen LogP contribution is 2.18. The van der Waals surface area contributed by atoms with Crippen molar-refractivity contribution in [2.75, 3.05) is 5.73 Å². The van der Waals surface area contributed by atoms with E-state index in [1.54, 1.807) is 18.2 Å². The predicted octanol–water partition coefficient (Wildman–Crippen LogP) is 1.76. The number of aromatic nitrogens is 1. The Morgan fingerprint density at radius 3 is 2.33 bits per heavy atom. The molecule has 0 aliphatic heterocycles. The molecule has 76 valence electrons. The number of nitrogens with two attached hydrogens (primary N) is 1. The van der Waals surface area contributed by atoms with Crippen LogP contribution in [-0.4, -0.2) is 4.98 Å². The van der Waals surface area contributed by atoms with Crippen molar-refractivity contribution in [2.45, 2.75) is 0 Å². The minimum Gasteiger partial charge on any atom is -0.385 e. The van der Waals surface area contributed by atoms with E-state index >= 15 is 0 Å². The fourth-order valence-corrected chi connectivity index (χ4v) is 1.37. The van der Waals surface area contributed by atoms with Gasteiger partial charge in [0, 0.05) is 6.07 Å². The molecule has 2 rings (SSSR count). The minimum atomic E-state index is -0.309. The van der Waals surface area contributed by atoms with Crippen LogP contribution in [0.15, 0.2) is 41.2 Å². The van der Waals surface area contributed by atoms with Gasteiger partial charge in [-0.05, 0) is 29.3 Å². The van der Waals surface area contributed by atoms with Gasteiger partial charge in [-0.25, -0.2) is 4.39 Å². The number of benzene rings is 1. The molecule has 2 aromatic rings. The molecular weight excluding hydrogens is 195 g/mol. The molecule has 0 unspecified atom stereocenters. The van der Waals surface area contributed by atoms with Crippen molar-refractivity contribution in [3.63, 3.8) is 0 Å². The Morgan fingerprint density at radius 1 is 1.07 bits per heavy atom. The van der Waals surface area contributed by atoms with E-state index in [2.05, 4.69) is 4.98 Å². The fourth-order valence-electron chi connectivity index (χ4n) is 1.37. The largest absolute Gasteiger partial charge is 0.385 e. The third-order valence-corrected chi connectivity index (χ3v) is 2.04. The van der Waals surface area contributed by atoms with Crippen molar-refractivity contribution in [3.8, 4) is 11.1 Å². The van der Waals surface area contributed by atoms with E-state index in [1.165, 1.54) is 18.2 Å². The maximum atomic E-state index is 12.7. The van der Waals surface area contributed by atoms with Gasteiger partial charge < -0.3 is 10.7 Å². The Balaban J connectivity index is 2.54. The molecule has 0 aliphatic rings. The van der Waals surface area contributed by atoms with Crippen molar-refractivity contribution < 1.29 is 4.39 Å². The van der Waals surface area contributed by atoms with E-state index in [0.29, 0.717) is 11.4 Å². The Hall–Kier alpha value is -2.10. The van der Waals surface area contributed by atoms with E-state index in [1.807, 2.05) is 0 Å². The van der Waals surface area contributed by atoms with E-state index < -0.39 is 0 Å². The lowest BCUT2D eigenvalue weighted by Gasteiger charge is -2.01. The summed E-state index contributed by atoms with van der Waals surface area (Å²) in [6.45, 7) is 0. The molecule has 15 heavy (non-hydrogen) atoms. The maximum absolute atomic E-state index is 12.7. The summed E-state index contributed by atoms with van der Waals surface area (Å²) < 4.78 is 12.7. The molecule has 0 atom stereocenters. The van der Waals surface area contributed by atoms with Gasteiger partial charge in [0.05, 0.1) is 0 Å². The summed E-state index contributed by atoms with van der Waals surface area (Å²) in [4.78, 5) is 13.6. The number of hydrogen-bond acceptors (Lipinski definition) is 2. The monoisotopic (exact) mass is 204 g/mol. The van der Waals surface area contributed by atoms with Crippen molar-refractivity contribution in [1.82, 2.24) is 4.98 Å². The van der Waals surface area contributed by atoms with E-state index in [0.717, 1.165) is 5.56 Å². The molecule has 0 aliphatic carbocycles. The van der Waals surface area contributed by atoms with E-state index in [4.69, 9.17) is 5.73 Å². The molecule has 4 heteroatoms. The topological polar surface area (TPSA) is 58.9 Å². The Kier molecular flexibility index (Phi) is 2.25. The number of nitrogen functional groups attached to an aromatic ring is 1. The normalized spacial score (nSPS) is 10.2. The lowest BCUT2D eigenvalue weighted by molar-refractivity contribution is 0.628. The quantitative estimate of drug-likeness (QED) is 0.743. The van der Waals surface area contributed by atoms with Crippen LogP contribution in [0.25, 0.3) is 11.1 Å². The number of hydrogen-bond donors (Lipinski definition) is 2. The summed E-state index contributed by atoms with van der Waals surface area (Å²) in [6, 6.07) is 8.94. The molecule has 0 radical (unpaired) electrons. The van der Waals surface area contributed by atoms with Gasteiger partial charge in [0.15, 0.2) is 0 Å². The van der Waals surface area contributed by atoms with Crippen molar-refractivity contribution >= 4 is 5.82 Å². The van der Waals surface area contributed by atoms with Gasteiger partial charge in [-0.3, -0.25) is 4.79 Å². The van der Waals surface area contributed by atoms with Crippen molar-refractivity contribution in [2.24, 2.45) is 0 Å². The zero-order chi connectivity index (χ0) is 10.8. The van der Waals surface area contributed by atoms with Crippen LogP contribution >= 0.6 is 0 Å². The van der Waals surface area contributed by atoms with E-state index in [9.17, 15) is 9.18 Å². The first-order valence-electron chi connectivity index (χ1n) is 4.41. The highest BCUT2D eigenvalue weighted by Gasteiger charge is 2.00. The van der Waals surface area contributed by atoms with Gasteiger partial charge in [-0.1, -0.05) is 12.1 Å². The molecule has 3 nitrogen and oxygen atoms in total. The number of H-pyrrole nitrogens is 1. The summed E-state index contributed by atoms with van der Waals surface area (Å²) in [5.41, 5.74) is 6.66. The van der Waals surface area contributed by atoms with Gasteiger partial charge in [0.1, 0.15) is 11.6 Å². The molecule has 1 heterocycles. The molecule has 0 amide bonds. The zero-order valence-corrected chi connectivity index (χ0v) is 7.83. The average molecular weight is 204 g/mol. The van der Waals surface area contributed by atoms with Crippen LogP contribution in [-0.2, 0) is 0 Å².